The molecule has 2 aromatic rings. The highest BCUT2D eigenvalue weighted by atomic mass is 35.6. The molecule has 6 nitrogen and oxygen atoms in total. The van der Waals surface area contributed by atoms with E-state index in [1.54, 1.807) is 24.3 Å². The zero-order valence-electron chi connectivity index (χ0n) is 16.4. The van der Waals surface area contributed by atoms with E-state index in [1.165, 1.54) is 23.3 Å². The molecule has 1 aliphatic rings. The van der Waals surface area contributed by atoms with Crippen molar-refractivity contribution in [2.75, 3.05) is 12.4 Å². The van der Waals surface area contributed by atoms with Crippen molar-refractivity contribution in [3.05, 3.63) is 45.8 Å². The molecule has 0 spiro atoms. The Morgan fingerprint density at radius 1 is 1.23 bits per heavy atom. The summed E-state index contributed by atoms with van der Waals surface area (Å²) in [6.45, 7) is 0. The van der Waals surface area contributed by atoms with Crippen molar-refractivity contribution in [3.63, 3.8) is 0 Å². The molecule has 1 heterocycles. The smallest absolute Gasteiger partial charge is 0.252 e. The predicted octanol–water partition coefficient (Wildman–Crippen LogP) is 4.92. The monoisotopic (exact) mass is 516 g/mol. The van der Waals surface area contributed by atoms with Gasteiger partial charge in [0.2, 0.25) is 3.79 Å². The van der Waals surface area contributed by atoms with Crippen molar-refractivity contribution in [2.24, 2.45) is 0 Å². The van der Waals surface area contributed by atoms with Gasteiger partial charge in [-0.1, -0.05) is 34.8 Å². The molecule has 3 rings (SSSR count). The van der Waals surface area contributed by atoms with E-state index in [9.17, 15) is 10.1 Å². The van der Waals surface area contributed by atoms with Crippen LogP contribution in [0.15, 0.2) is 24.3 Å². The van der Waals surface area contributed by atoms with Crippen LogP contribution in [-0.2, 0) is 12.8 Å². The van der Waals surface area contributed by atoms with Crippen LogP contribution in [0.1, 0.15) is 39.2 Å². The van der Waals surface area contributed by atoms with E-state index in [0.717, 1.165) is 31.2 Å². The minimum atomic E-state index is -1.89. The SMILES string of the molecule is COc1ccc(C(=O)N[C@H](NC(=S)Nc2sc3c(c2C#N)CCCC3)C(Cl)(Cl)Cl)cc1. The van der Waals surface area contributed by atoms with Gasteiger partial charge in [-0.05, 0) is 67.7 Å². The Bertz CT molecular complexity index is 1010. The predicted molar refractivity (Wildman–Crippen MR) is 130 cm³/mol. The summed E-state index contributed by atoms with van der Waals surface area (Å²) in [6, 6.07) is 8.75. The summed E-state index contributed by atoms with van der Waals surface area (Å²) in [5.41, 5.74) is 2.03. The number of hydrogen-bond acceptors (Lipinski definition) is 5. The molecule has 0 fully saturated rings. The molecule has 1 amide bonds. The van der Waals surface area contributed by atoms with Crippen LogP contribution in [0.5, 0.6) is 5.75 Å². The van der Waals surface area contributed by atoms with Gasteiger partial charge in [-0.25, -0.2) is 0 Å². The van der Waals surface area contributed by atoms with Crippen molar-refractivity contribution in [1.82, 2.24) is 10.6 Å². The van der Waals surface area contributed by atoms with Crippen LogP contribution < -0.4 is 20.7 Å². The molecule has 164 valence electrons. The Hall–Kier alpha value is -1.76. The van der Waals surface area contributed by atoms with Gasteiger partial charge in [-0.2, -0.15) is 5.26 Å². The maximum atomic E-state index is 12.6. The van der Waals surface area contributed by atoms with E-state index in [2.05, 4.69) is 22.0 Å². The number of hydrogen-bond donors (Lipinski definition) is 3. The summed E-state index contributed by atoms with van der Waals surface area (Å²) in [5, 5.41) is 18.8. The minimum absolute atomic E-state index is 0.126. The number of thiophene rings is 1. The van der Waals surface area contributed by atoms with Crippen molar-refractivity contribution in [1.29, 1.82) is 5.26 Å². The number of nitrogens with zero attached hydrogens (tertiary/aromatic N) is 1. The topological polar surface area (TPSA) is 86.2 Å². The fraction of sp³-hybridized carbons (Fsp3) is 0.350. The first kappa shape index (κ1) is 23.9. The molecule has 3 N–H and O–H groups in total. The molecule has 1 atom stereocenters. The number of alkyl halides is 3. The first-order valence-corrected chi connectivity index (χ1v) is 11.7. The first-order valence-electron chi connectivity index (χ1n) is 9.36. The Morgan fingerprint density at radius 2 is 1.90 bits per heavy atom. The van der Waals surface area contributed by atoms with Crippen molar-refractivity contribution >= 4 is 74.4 Å². The van der Waals surface area contributed by atoms with Crippen molar-refractivity contribution in [2.45, 2.75) is 35.6 Å². The highest BCUT2D eigenvalue weighted by Gasteiger charge is 2.35. The summed E-state index contributed by atoms with van der Waals surface area (Å²) >= 11 is 25.1. The molecule has 0 unspecified atom stereocenters. The van der Waals surface area contributed by atoms with Gasteiger partial charge in [-0.15, -0.1) is 11.3 Å². The zero-order valence-corrected chi connectivity index (χ0v) is 20.3. The average molecular weight is 518 g/mol. The third kappa shape index (κ3) is 5.93. The van der Waals surface area contributed by atoms with Gasteiger partial charge >= 0.3 is 0 Å². The van der Waals surface area contributed by atoms with E-state index in [-0.39, 0.29) is 5.11 Å². The molecule has 11 heteroatoms. The fourth-order valence-corrected chi connectivity index (χ4v) is 5.06. The quantitative estimate of drug-likeness (QED) is 0.296. The van der Waals surface area contributed by atoms with Gasteiger partial charge in [0, 0.05) is 10.4 Å². The standard InChI is InChI=1S/C20H19Cl3N4O2S2/c1-29-12-8-6-11(7-9-12)16(28)25-18(20(21,22)23)27-19(30)26-17-14(10-24)13-4-2-3-5-15(13)31-17/h6-9,18H,2-5H2,1H3,(H,25,28)(H2,26,27,30)/t18-/m1/s1. The van der Waals surface area contributed by atoms with Crippen molar-refractivity contribution in [3.8, 4) is 11.8 Å². The Balaban J connectivity index is 1.71. The van der Waals surface area contributed by atoms with Gasteiger partial charge in [0.1, 0.15) is 23.0 Å². The third-order valence-electron chi connectivity index (χ3n) is 4.74. The van der Waals surface area contributed by atoms with Crippen LogP contribution in [0.3, 0.4) is 0 Å². The maximum Gasteiger partial charge on any atom is 0.252 e. The average Bonchev–Trinajstić information content (AvgIpc) is 3.09. The highest BCUT2D eigenvalue weighted by Crippen LogP contribution is 2.37. The number of benzene rings is 1. The molecule has 1 aromatic heterocycles. The van der Waals surface area contributed by atoms with E-state index in [4.69, 9.17) is 51.8 Å². The molecular weight excluding hydrogens is 499 g/mol. The van der Waals surface area contributed by atoms with E-state index in [1.807, 2.05) is 0 Å². The van der Waals surface area contributed by atoms with E-state index in [0.29, 0.717) is 21.9 Å². The molecule has 1 aliphatic carbocycles. The number of anilines is 1. The summed E-state index contributed by atoms with van der Waals surface area (Å²) < 4.78 is 3.20. The second kappa shape index (κ2) is 10.2. The number of nitriles is 1. The lowest BCUT2D eigenvalue weighted by molar-refractivity contribution is 0.0934. The largest absolute Gasteiger partial charge is 0.497 e. The van der Waals surface area contributed by atoms with Crippen LogP contribution >= 0.6 is 58.4 Å². The van der Waals surface area contributed by atoms with Crippen LogP contribution in [-0.4, -0.2) is 28.1 Å². The van der Waals surface area contributed by atoms with Crippen LogP contribution in [0.25, 0.3) is 0 Å². The second-order valence-electron chi connectivity index (χ2n) is 6.80. The lowest BCUT2D eigenvalue weighted by Gasteiger charge is -2.27. The summed E-state index contributed by atoms with van der Waals surface area (Å²) in [6.07, 6.45) is 2.88. The van der Waals surface area contributed by atoms with Gasteiger partial charge in [0.15, 0.2) is 5.11 Å². The number of amides is 1. The molecule has 1 aromatic carbocycles. The first-order chi connectivity index (χ1) is 14.7. The molecule has 0 bridgehead atoms. The number of ether oxygens (including phenoxy) is 1. The Morgan fingerprint density at radius 3 is 2.52 bits per heavy atom. The highest BCUT2D eigenvalue weighted by molar-refractivity contribution is 7.80. The maximum absolute atomic E-state index is 12.6. The number of halogens is 3. The second-order valence-corrected chi connectivity index (χ2v) is 10.7. The number of nitrogens with one attached hydrogen (secondary N) is 3. The summed E-state index contributed by atoms with van der Waals surface area (Å²) in [5.74, 6) is 0.156. The minimum Gasteiger partial charge on any atom is -0.497 e. The Kier molecular flexibility index (Phi) is 7.89. The lowest BCUT2D eigenvalue weighted by Crippen LogP contribution is -2.56. The summed E-state index contributed by atoms with van der Waals surface area (Å²) in [7, 11) is 1.54. The fourth-order valence-electron chi connectivity index (χ4n) is 3.20. The number of methoxy groups -OCH3 is 1. The Labute approximate surface area is 204 Å². The van der Waals surface area contributed by atoms with Crippen LogP contribution in [0.2, 0.25) is 0 Å². The zero-order chi connectivity index (χ0) is 22.6. The number of thiocarbonyl (C=S) groups is 1. The number of aryl methyl sites for hydroxylation is 1. The van der Waals surface area contributed by atoms with E-state index >= 15 is 0 Å². The van der Waals surface area contributed by atoms with Crippen LogP contribution in [0.4, 0.5) is 5.00 Å². The normalized spacial score (nSPS) is 14.0. The van der Waals surface area contributed by atoms with Gasteiger partial charge in [0.05, 0.1) is 12.7 Å². The molecular formula is C20H19Cl3N4O2S2. The van der Waals surface area contributed by atoms with Gasteiger partial charge in [-0.3, -0.25) is 4.79 Å². The molecule has 0 radical (unpaired) electrons. The third-order valence-corrected chi connectivity index (χ3v) is 6.82. The van der Waals surface area contributed by atoms with Gasteiger partial charge < -0.3 is 20.7 Å². The van der Waals surface area contributed by atoms with E-state index < -0.39 is 15.9 Å². The lowest BCUT2D eigenvalue weighted by atomic mass is 9.96. The number of carbonyl (C=O) groups is 1. The number of rotatable bonds is 5. The molecule has 0 aliphatic heterocycles. The molecule has 31 heavy (non-hydrogen) atoms. The molecule has 0 saturated heterocycles. The van der Waals surface area contributed by atoms with Gasteiger partial charge in [0.25, 0.3) is 5.91 Å². The van der Waals surface area contributed by atoms with Crippen molar-refractivity contribution < 1.29 is 9.53 Å². The molecule has 0 saturated carbocycles. The number of fused-ring (bicyclic) bond motifs is 1. The number of carbonyl (C=O) groups excluding carboxylic acids is 1. The summed E-state index contributed by atoms with van der Waals surface area (Å²) in [4.78, 5) is 13.8. The van der Waals surface area contributed by atoms with Crippen LogP contribution in [0, 0.1) is 11.3 Å².